The average Bonchev–Trinajstić information content (AvgIpc) is 3.19. The summed E-state index contributed by atoms with van der Waals surface area (Å²) < 4.78 is 12.6. The van der Waals surface area contributed by atoms with Crippen LogP contribution in [-0.4, -0.2) is 29.6 Å². The van der Waals surface area contributed by atoms with E-state index < -0.39 is 0 Å². The molecule has 0 saturated heterocycles. The quantitative estimate of drug-likeness (QED) is 0.494. The van der Waals surface area contributed by atoms with E-state index >= 15 is 0 Å². The van der Waals surface area contributed by atoms with Gasteiger partial charge in [-0.15, -0.1) is 0 Å². The second-order valence-corrected chi connectivity index (χ2v) is 6.75. The predicted octanol–water partition coefficient (Wildman–Crippen LogP) is 4.97. The summed E-state index contributed by atoms with van der Waals surface area (Å²) in [7, 11) is 3.08. The monoisotopic (exact) mass is 402 g/mol. The van der Waals surface area contributed by atoms with Crippen LogP contribution in [0, 0.1) is 6.92 Å². The molecule has 0 aliphatic rings. The highest BCUT2D eigenvalue weighted by molar-refractivity contribution is 6.01. The van der Waals surface area contributed by atoms with E-state index in [1.807, 2.05) is 60.1 Å². The fraction of sp³-hybridized carbons (Fsp3) is 0.130. The highest BCUT2D eigenvalue weighted by Crippen LogP contribution is 2.34. The minimum absolute atomic E-state index is 0.385. The average molecular weight is 402 g/mol. The third-order valence-corrected chi connectivity index (χ3v) is 4.75. The lowest BCUT2D eigenvalue weighted by Gasteiger charge is -2.14. The van der Waals surface area contributed by atoms with Crippen LogP contribution >= 0.6 is 0 Å². The van der Waals surface area contributed by atoms with Crippen LogP contribution in [0.1, 0.15) is 5.56 Å². The SMILES string of the molecule is COc1cccc(NC(=O)Nc2cccc(-c3cn4cccc(C)c4n3)c2)c1OC. The van der Waals surface area contributed by atoms with Gasteiger partial charge in [-0.25, -0.2) is 9.78 Å². The van der Waals surface area contributed by atoms with E-state index in [2.05, 4.69) is 10.6 Å². The summed E-state index contributed by atoms with van der Waals surface area (Å²) >= 11 is 0. The number of aryl methyl sites for hydroxylation is 1. The van der Waals surface area contributed by atoms with Crippen LogP contribution < -0.4 is 20.1 Å². The normalized spacial score (nSPS) is 10.6. The predicted molar refractivity (Wildman–Crippen MR) is 118 cm³/mol. The van der Waals surface area contributed by atoms with Crippen molar-refractivity contribution in [2.45, 2.75) is 6.92 Å². The highest BCUT2D eigenvalue weighted by Gasteiger charge is 2.13. The maximum atomic E-state index is 12.5. The Kier molecular flexibility index (Phi) is 5.26. The van der Waals surface area contributed by atoms with Crippen LogP contribution in [0.15, 0.2) is 67.0 Å². The van der Waals surface area contributed by atoms with E-state index in [0.29, 0.717) is 22.9 Å². The first kappa shape index (κ1) is 19.3. The number of ether oxygens (including phenoxy) is 2. The van der Waals surface area contributed by atoms with Gasteiger partial charge in [-0.3, -0.25) is 0 Å². The number of pyridine rings is 1. The fourth-order valence-electron chi connectivity index (χ4n) is 3.32. The third-order valence-electron chi connectivity index (χ3n) is 4.75. The lowest BCUT2D eigenvalue weighted by atomic mass is 10.1. The number of aromatic nitrogens is 2. The van der Waals surface area contributed by atoms with Crippen LogP contribution in [0.3, 0.4) is 0 Å². The number of benzene rings is 2. The molecule has 4 aromatic rings. The molecule has 0 radical (unpaired) electrons. The third kappa shape index (κ3) is 3.77. The van der Waals surface area contributed by atoms with Crippen LogP contribution in [0.25, 0.3) is 16.9 Å². The molecule has 7 nitrogen and oxygen atoms in total. The number of para-hydroxylation sites is 1. The smallest absolute Gasteiger partial charge is 0.323 e. The molecule has 2 aromatic carbocycles. The molecule has 0 fully saturated rings. The number of nitrogens with zero attached hydrogens (tertiary/aromatic N) is 2. The fourth-order valence-corrected chi connectivity index (χ4v) is 3.32. The van der Waals surface area contributed by atoms with Gasteiger partial charge in [-0.1, -0.05) is 24.3 Å². The molecule has 0 spiro atoms. The zero-order valence-corrected chi connectivity index (χ0v) is 17.0. The van der Waals surface area contributed by atoms with Crippen molar-refractivity contribution in [2.75, 3.05) is 24.9 Å². The molecular formula is C23H22N4O3. The Labute approximate surface area is 174 Å². The van der Waals surface area contributed by atoms with E-state index in [0.717, 1.165) is 22.5 Å². The van der Waals surface area contributed by atoms with Gasteiger partial charge in [0.2, 0.25) is 0 Å². The molecule has 0 aliphatic carbocycles. The summed E-state index contributed by atoms with van der Waals surface area (Å²) in [6, 6.07) is 16.5. The van der Waals surface area contributed by atoms with Crippen LogP contribution in [0.5, 0.6) is 11.5 Å². The number of rotatable bonds is 5. The number of anilines is 2. The molecule has 2 heterocycles. The number of nitrogens with one attached hydrogen (secondary N) is 2. The Morgan fingerprint density at radius 2 is 1.83 bits per heavy atom. The Hall–Kier alpha value is -4.00. The molecule has 0 atom stereocenters. The zero-order chi connectivity index (χ0) is 21.1. The molecule has 4 rings (SSSR count). The van der Waals surface area contributed by atoms with E-state index in [1.165, 1.54) is 7.11 Å². The van der Waals surface area contributed by atoms with Crippen LogP contribution in [0.4, 0.5) is 16.2 Å². The topological polar surface area (TPSA) is 76.9 Å². The number of fused-ring (bicyclic) bond motifs is 1. The van der Waals surface area contributed by atoms with Crippen LogP contribution in [-0.2, 0) is 0 Å². The molecule has 2 N–H and O–H groups in total. The maximum absolute atomic E-state index is 12.5. The number of hydrogen-bond acceptors (Lipinski definition) is 4. The van der Waals surface area contributed by atoms with E-state index in [-0.39, 0.29) is 6.03 Å². The van der Waals surface area contributed by atoms with Gasteiger partial charge in [0.15, 0.2) is 11.5 Å². The summed E-state index contributed by atoms with van der Waals surface area (Å²) in [5, 5.41) is 5.65. The molecule has 0 saturated carbocycles. The molecule has 0 bridgehead atoms. The number of imidazole rings is 1. The first-order valence-electron chi connectivity index (χ1n) is 9.43. The standard InChI is InChI=1S/C23H22N4O3/c1-15-7-6-12-27-14-19(25-22(15)27)16-8-4-9-17(13-16)24-23(28)26-18-10-5-11-20(29-2)21(18)30-3/h4-14H,1-3H3,(H2,24,26,28). The minimum atomic E-state index is -0.385. The Morgan fingerprint density at radius 3 is 2.60 bits per heavy atom. The highest BCUT2D eigenvalue weighted by atomic mass is 16.5. The van der Waals surface area contributed by atoms with Crippen molar-refractivity contribution in [2.24, 2.45) is 0 Å². The lowest BCUT2D eigenvalue weighted by Crippen LogP contribution is -2.19. The number of methoxy groups -OCH3 is 2. The number of urea groups is 1. The molecule has 2 amide bonds. The number of carbonyl (C=O) groups is 1. The van der Waals surface area contributed by atoms with Crippen molar-refractivity contribution in [1.82, 2.24) is 9.38 Å². The number of carbonyl (C=O) groups excluding carboxylic acids is 1. The van der Waals surface area contributed by atoms with Gasteiger partial charge in [0.1, 0.15) is 5.65 Å². The van der Waals surface area contributed by atoms with Gasteiger partial charge < -0.3 is 24.5 Å². The number of amides is 2. The second kappa shape index (κ2) is 8.16. The molecule has 0 unspecified atom stereocenters. The minimum Gasteiger partial charge on any atom is -0.493 e. The van der Waals surface area contributed by atoms with Gasteiger partial charge in [-0.2, -0.15) is 0 Å². The van der Waals surface area contributed by atoms with E-state index in [4.69, 9.17) is 14.5 Å². The maximum Gasteiger partial charge on any atom is 0.323 e. The molecule has 7 heteroatoms. The van der Waals surface area contributed by atoms with Crippen molar-refractivity contribution in [3.63, 3.8) is 0 Å². The Bertz CT molecular complexity index is 1220. The second-order valence-electron chi connectivity index (χ2n) is 6.75. The van der Waals surface area contributed by atoms with Gasteiger partial charge >= 0.3 is 6.03 Å². The molecule has 152 valence electrons. The van der Waals surface area contributed by atoms with Crippen molar-refractivity contribution in [3.8, 4) is 22.8 Å². The van der Waals surface area contributed by atoms with Crippen molar-refractivity contribution in [1.29, 1.82) is 0 Å². The van der Waals surface area contributed by atoms with Crippen molar-refractivity contribution >= 4 is 23.1 Å². The van der Waals surface area contributed by atoms with Gasteiger partial charge in [0, 0.05) is 23.6 Å². The molecular weight excluding hydrogens is 380 g/mol. The largest absolute Gasteiger partial charge is 0.493 e. The zero-order valence-electron chi connectivity index (χ0n) is 17.0. The van der Waals surface area contributed by atoms with Gasteiger partial charge in [0.25, 0.3) is 0 Å². The van der Waals surface area contributed by atoms with E-state index in [1.54, 1.807) is 25.3 Å². The summed E-state index contributed by atoms with van der Waals surface area (Å²) in [6.45, 7) is 2.03. The summed E-state index contributed by atoms with van der Waals surface area (Å²) in [4.78, 5) is 17.3. The first-order valence-corrected chi connectivity index (χ1v) is 9.43. The molecule has 30 heavy (non-hydrogen) atoms. The first-order chi connectivity index (χ1) is 14.6. The summed E-state index contributed by atoms with van der Waals surface area (Å²) in [5.74, 6) is 1.00. The lowest BCUT2D eigenvalue weighted by molar-refractivity contribution is 0.262. The molecule has 0 aliphatic heterocycles. The van der Waals surface area contributed by atoms with Gasteiger partial charge in [0.05, 0.1) is 25.6 Å². The van der Waals surface area contributed by atoms with E-state index in [9.17, 15) is 4.79 Å². The van der Waals surface area contributed by atoms with Crippen molar-refractivity contribution < 1.29 is 14.3 Å². The van der Waals surface area contributed by atoms with Crippen molar-refractivity contribution in [3.05, 3.63) is 72.6 Å². The molecule has 2 aromatic heterocycles. The summed E-state index contributed by atoms with van der Waals surface area (Å²) in [5.41, 5.74) is 4.93. The number of hydrogen-bond donors (Lipinski definition) is 2. The Morgan fingerprint density at radius 1 is 1.00 bits per heavy atom. The summed E-state index contributed by atoms with van der Waals surface area (Å²) in [6.07, 6.45) is 3.94. The van der Waals surface area contributed by atoms with Crippen LogP contribution in [0.2, 0.25) is 0 Å². The Balaban J connectivity index is 1.55. The van der Waals surface area contributed by atoms with Gasteiger partial charge in [-0.05, 0) is 42.8 Å².